The largest absolute Gasteiger partial charge is 0.510 e. The van der Waals surface area contributed by atoms with Crippen LogP contribution in [0.2, 0.25) is 0 Å². The second kappa shape index (κ2) is 6.27. The van der Waals surface area contributed by atoms with Gasteiger partial charge in [-0.1, -0.05) is 31.5 Å². The number of hydrogen-bond donors (Lipinski definition) is 0. The summed E-state index contributed by atoms with van der Waals surface area (Å²) in [5, 5.41) is 1.22. The molecule has 0 bridgehead atoms. The van der Waals surface area contributed by atoms with Crippen LogP contribution in [0.1, 0.15) is 25.8 Å². The summed E-state index contributed by atoms with van der Waals surface area (Å²) in [6, 6.07) is 8.14. The maximum absolute atomic E-state index is 11.2. The Bertz CT molecular complexity index is 560. The molecule has 1 aromatic carbocycles. The van der Waals surface area contributed by atoms with Crippen LogP contribution in [0.15, 0.2) is 30.5 Å². The molecule has 0 spiro atoms. The van der Waals surface area contributed by atoms with E-state index in [1.54, 1.807) is 6.92 Å². The third kappa shape index (κ3) is 3.08. The Balaban J connectivity index is 2.20. The minimum atomic E-state index is -0.627. The number of ether oxygens (including phenoxy) is 2. The lowest BCUT2D eigenvalue weighted by atomic mass is 10.1. The van der Waals surface area contributed by atoms with Gasteiger partial charge in [0.2, 0.25) is 0 Å². The minimum Gasteiger partial charge on any atom is -0.435 e. The Morgan fingerprint density at radius 3 is 2.74 bits per heavy atom. The van der Waals surface area contributed by atoms with Gasteiger partial charge in [0, 0.05) is 11.6 Å². The van der Waals surface area contributed by atoms with Crippen LogP contribution in [0.25, 0.3) is 10.9 Å². The van der Waals surface area contributed by atoms with Gasteiger partial charge < -0.3 is 14.0 Å². The number of hydrogen-bond acceptors (Lipinski definition) is 3. The van der Waals surface area contributed by atoms with Crippen molar-refractivity contribution in [2.24, 2.45) is 0 Å². The number of benzene rings is 1. The molecule has 0 radical (unpaired) electrons. The van der Waals surface area contributed by atoms with Gasteiger partial charge in [0.1, 0.15) is 0 Å². The number of para-hydroxylation sites is 1. The zero-order valence-electron chi connectivity index (χ0n) is 11.4. The number of carbonyl (C=O) groups is 1. The van der Waals surface area contributed by atoms with Crippen molar-refractivity contribution in [1.82, 2.24) is 4.57 Å². The van der Waals surface area contributed by atoms with Crippen molar-refractivity contribution >= 4 is 17.1 Å². The summed E-state index contributed by atoms with van der Waals surface area (Å²) < 4.78 is 11.8. The molecule has 0 aliphatic heterocycles. The first kappa shape index (κ1) is 13.5. The minimum absolute atomic E-state index is 0.184. The average molecular weight is 261 g/mol. The zero-order chi connectivity index (χ0) is 13.7. The summed E-state index contributed by atoms with van der Waals surface area (Å²) in [6.45, 7) is 4.42. The molecule has 0 saturated heterocycles. The standard InChI is InChI=1S/C15H19NO3/c1-3-7-12-10-16(11-19-15(17)18-4-2)14-9-6-5-8-13(12)14/h5-6,8-10H,3-4,7,11H2,1-2H3. The summed E-state index contributed by atoms with van der Waals surface area (Å²) in [5.74, 6) is 0. The molecule has 0 aliphatic rings. The van der Waals surface area contributed by atoms with E-state index < -0.39 is 6.16 Å². The molecular formula is C15H19NO3. The molecule has 0 N–H and O–H groups in total. The number of carbonyl (C=O) groups excluding carboxylic acids is 1. The van der Waals surface area contributed by atoms with Crippen LogP contribution in [-0.4, -0.2) is 17.3 Å². The van der Waals surface area contributed by atoms with Crippen LogP contribution in [0.3, 0.4) is 0 Å². The quantitative estimate of drug-likeness (QED) is 0.770. The molecule has 0 atom stereocenters. The van der Waals surface area contributed by atoms with E-state index in [1.165, 1.54) is 10.9 Å². The maximum Gasteiger partial charge on any atom is 0.510 e. The predicted molar refractivity (Wildman–Crippen MR) is 74.0 cm³/mol. The molecule has 2 aromatic rings. The van der Waals surface area contributed by atoms with Gasteiger partial charge in [0.25, 0.3) is 0 Å². The van der Waals surface area contributed by atoms with E-state index in [1.807, 2.05) is 29.0 Å². The average Bonchev–Trinajstić information content (AvgIpc) is 2.76. The second-order valence-corrected chi connectivity index (χ2v) is 4.35. The normalized spacial score (nSPS) is 10.6. The topological polar surface area (TPSA) is 40.5 Å². The lowest BCUT2D eigenvalue weighted by Gasteiger charge is -2.06. The number of aryl methyl sites for hydroxylation is 1. The molecule has 4 heteroatoms. The summed E-state index contributed by atoms with van der Waals surface area (Å²) in [7, 11) is 0. The fraction of sp³-hybridized carbons (Fsp3) is 0.400. The first-order valence-corrected chi connectivity index (χ1v) is 6.62. The van der Waals surface area contributed by atoms with Crippen LogP contribution < -0.4 is 0 Å². The molecule has 0 amide bonds. The van der Waals surface area contributed by atoms with Gasteiger partial charge in [-0.3, -0.25) is 0 Å². The molecule has 102 valence electrons. The van der Waals surface area contributed by atoms with Crippen LogP contribution in [-0.2, 0) is 22.6 Å². The number of fused-ring (bicyclic) bond motifs is 1. The highest BCUT2D eigenvalue weighted by Crippen LogP contribution is 2.22. The van der Waals surface area contributed by atoms with Gasteiger partial charge in [-0.25, -0.2) is 4.79 Å². The Morgan fingerprint density at radius 1 is 1.21 bits per heavy atom. The zero-order valence-corrected chi connectivity index (χ0v) is 11.4. The Hall–Kier alpha value is -1.97. The Kier molecular flexibility index (Phi) is 4.44. The monoisotopic (exact) mass is 261 g/mol. The summed E-state index contributed by atoms with van der Waals surface area (Å²) in [6.07, 6.45) is 3.53. The molecular weight excluding hydrogens is 242 g/mol. The van der Waals surface area contributed by atoms with Crippen LogP contribution in [0.4, 0.5) is 4.79 Å². The predicted octanol–water partition coefficient (Wildman–Crippen LogP) is 3.72. The van der Waals surface area contributed by atoms with E-state index in [4.69, 9.17) is 9.47 Å². The molecule has 0 saturated carbocycles. The molecule has 1 heterocycles. The number of rotatable bonds is 5. The van der Waals surface area contributed by atoms with Crippen LogP contribution in [0, 0.1) is 0 Å². The molecule has 4 nitrogen and oxygen atoms in total. The number of nitrogens with zero attached hydrogens (tertiary/aromatic N) is 1. The van der Waals surface area contributed by atoms with Gasteiger partial charge in [-0.05, 0) is 25.0 Å². The van der Waals surface area contributed by atoms with Crippen molar-refractivity contribution in [3.63, 3.8) is 0 Å². The van der Waals surface area contributed by atoms with E-state index in [0.717, 1.165) is 18.4 Å². The highest BCUT2D eigenvalue weighted by atomic mass is 16.7. The second-order valence-electron chi connectivity index (χ2n) is 4.35. The van der Waals surface area contributed by atoms with Crippen molar-refractivity contribution in [1.29, 1.82) is 0 Å². The lowest BCUT2D eigenvalue weighted by molar-refractivity contribution is 0.0381. The Morgan fingerprint density at radius 2 is 2.00 bits per heavy atom. The van der Waals surface area contributed by atoms with Crippen LogP contribution in [0.5, 0.6) is 0 Å². The van der Waals surface area contributed by atoms with E-state index in [0.29, 0.717) is 6.61 Å². The van der Waals surface area contributed by atoms with Crippen molar-refractivity contribution in [3.05, 3.63) is 36.0 Å². The van der Waals surface area contributed by atoms with Crippen LogP contribution >= 0.6 is 0 Å². The van der Waals surface area contributed by atoms with Gasteiger partial charge in [-0.15, -0.1) is 0 Å². The molecule has 19 heavy (non-hydrogen) atoms. The van der Waals surface area contributed by atoms with Crippen molar-refractivity contribution in [3.8, 4) is 0 Å². The van der Waals surface area contributed by atoms with Crippen molar-refractivity contribution in [2.45, 2.75) is 33.4 Å². The summed E-state index contributed by atoms with van der Waals surface area (Å²) in [5.41, 5.74) is 2.36. The van der Waals surface area contributed by atoms with Gasteiger partial charge in [-0.2, -0.15) is 0 Å². The summed E-state index contributed by atoms with van der Waals surface area (Å²) in [4.78, 5) is 11.2. The number of aromatic nitrogens is 1. The molecule has 0 aliphatic carbocycles. The Labute approximate surface area is 112 Å². The third-order valence-electron chi connectivity index (χ3n) is 2.97. The van der Waals surface area contributed by atoms with E-state index in [9.17, 15) is 4.79 Å². The van der Waals surface area contributed by atoms with E-state index in [2.05, 4.69) is 13.0 Å². The first-order chi connectivity index (χ1) is 9.26. The van der Waals surface area contributed by atoms with Gasteiger partial charge in [0.15, 0.2) is 6.73 Å². The van der Waals surface area contributed by atoms with Crippen molar-refractivity contribution in [2.75, 3.05) is 6.61 Å². The van der Waals surface area contributed by atoms with E-state index in [-0.39, 0.29) is 6.73 Å². The smallest absolute Gasteiger partial charge is 0.435 e. The molecule has 1 aromatic heterocycles. The summed E-state index contributed by atoms with van der Waals surface area (Å²) >= 11 is 0. The van der Waals surface area contributed by atoms with Crippen molar-refractivity contribution < 1.29 is 14.3 Å². The maximum atomic E-state index is 11.2. The third-order valence-corrected chi connectivity index (χ3v) is 2.97. The molecule has 0 unspecified atom stereocenters. The highest BCUT2D eigenvalue weighted by molar-refractivity contribution is 5.84. The molecule has 0 fully saturated rings. The lowest BCUT2D eigenvalue weighted by Crippen LogP contribution is -2.10. The first-order valence-electron chi connectivity index (χ1n) is 6.62. The SMILES string of the molecule is CCCc1cn(COC(=O)OCC)c2ccccc12. The fourth-order valence-electron chi connectivity index (χ4n) is 2.18. The van der Waals surface area contributed by atoms with Gasteiger partial charge in [0.05, 0.1) is 12.1 Å². The fourth-order valence-corrected chi connectivity index (χ4v) is 2.18. The molecule has 2 rings (SSSR count). The highest BCUT2D eigenvalue weighted by Gasteiger charge is 2.09. The van der Waals surface area contributed by atoms with E-state index >= 15 is 0 Å². The van der Waals surface area contributed by atoms with Gasteiger partial charge >= 0.3 is 6.16 Å².